The van der Waals surface area contributed by atoms with Crippen LogP contribution < -0.4 is 0 Å². The maximum atomic E-state index is 12.3. The van der Waals surface area contributed by atoms with Crippen molar-refractivity contribution in [3.8, 4) is 0 Å². The van der Waals surface area contributed by atoms with E-state index in [0.717, 1.165) is 32.1 Å². The van der Waals surface area contributed by atoms with E-state index in [1.54, 1.807) is 41.5 Å². The van der Waals surface area contributed by atoms with Crippen LogP contribution in [0.4, 0.5) is 0 Å². The second-order valence-electron chi connectivity index (χ2n) is 16.9. The van der Waals surface area contributed by atoms with Gasteiger partial charge in [-0.2, -0.15) is 0 Å². The summed E-state index contributed by atoms with van der Waals surface area (Å²) >= 11 is 0. The molecule has 1 atom stereocenters. The first-order valence-electron chi connectivity index (χ1n) is 15.1. The van der Waals surface area contributed by atoms with Gasteiger partial charge in [-0.1, -0.05) is 93.7 Å². The third kappa shape index (κ3) is 21.1. The topological polar surface area (TPSA) is 68.3 Å². The third-order valence-electron chi connectivity index (χ3n) is 6.92. The molecule has 0 rings (SSSR count). The molecule has 0 saturated heterocycles. The summed E-state index contributed by atoms with van der Waals surface area (Å²) in [7, 11) is -6.00. The molecule has 0 radical (unpaired) electrons. The summed E-state index contributed by atoms with van der Waals surface area (Å²) in [6, 6.07) is 0. The van der Waals surface area contributed by atoms with E-state index in [0.29, 0.717) is 11.2 Å². The lowest BCUT2D eigenvalue weighted by molar-refractivity contribution is 0.354. The van der Waals surface area contributed by atoms with Crippen LogP contribution in [0, 0.1) is 22.2 Å². The van der Waals surface area contributed by atoms with E-state index < -0.39 is 29.2 Å². The first-order valence-corrected chi connectivity index (χ1v) is 18.4. The molecule has 39 heavy (non-hydrogen) atoms. The van der Waals surface area contributed by atoms with Crippen LogP contribution in [-0.4, -0.2) is 37.8 Å². The van der Waals surface area contributed by atoms with E-state index in [-0.39, 0.29) is 22.5 Å². The highest BCUT2D eigenvalue weighted by Gasteiger charge is 2.34. The van der Waals surface area contributed by atoms with E-state index >= 15 is 0 Å². The quantitative estimate of drug-likeness (QED) is 0.158. The normalized spacial score (nSPS) is 15.3. The molecular weight excluding hydrogens is 524 g/mol. The fourth-order valence-electron chi connectivity index (χ4n) is 3.97. The van der Waals surface area contributed by atoms with Crippen LogP contribution >= 0.6 is 0 Å². The van der Waals surface area contributed by atoms with Crippen molar-refractivity contribution in [1.82, 2.24) is 0 Å². The summed E-state index contributed by atoms with van der Waals surface area (Å²) in [5.74, 6) is 0.876. The van der Waals surface area contributed by atoms with Crippen molar-refractivity contribution in [2.45, 2.75) is 165 Å². The predicted octanol–water partition coefficient (Wildman–Crippen LogP) is 9.83. The van der Waals surface area contributed by atoms with Gasteiger partial charge in [-0.3, -0.25) is 0 Å². The minimum absolute atomic E-state index is 0.151. The Morgan fingerprint density at radius 1 is 0.615 bits per heavy atom. The first-order chi connectivity index (χ1) is 17.0. The van der Waals surface area contributed by atoms with Crippen LogP contribution in [0.2, 0.25) is 0 Å². The van der Waals surface area contributed by atoms with E-state index in [4.69, 9.17) is 0 Å². The highest BCUT2D eigenvalue weighted by molar-refractivity contribution is 7.93. The Bertz CT molecular complexity index is 912. The van der Waals surface area contributed by atoms with E-state index in [2.05, 4.69) is 74.5 Å². The lowest BCUT2D eigenvalue weighted by Crippen LogP contribution is -2.36. The number of sulfone groups is 2. The predicted molar refractivity (Wildman–Crippen MR) is 175 cm³/mol. The standard InChI is InChI=1S/C17H34O2S.C16H34O2S/c1-15(2,3)12-10-9-11-13-17(7,8)14-20(18,19)16(4,5)6;1-14(13-19(17,18)16(5,6)7)11-9-8-10-12-15(2,3)4/h10,12H,9,11,13-14H2,1-8H3;14H,8-13H2,1-7H3/b12-10+;/t;14-/m.0/s1. The molecule has 0 aromatic rings. The summed E-state index contributed by atoms with van der Waals surface area (Å²) < 4.78 is 47.4. The molecule has 0 aliphatic heterocycles. The molecule has 0 unspecified atom stereocenters. The molecule has 0 saturated carbocycles. The minimum atomic E-state index is -3.04. The number of hydrogen-bond acceptors (Lipinski definition) is 4. The van der Waals surface area contributed by atoms with Gasteiger partial charge in [0.15, 0.2) is 19.7 Å². The van der Waals surface area contributed by atoms with E-state index in [9.17, 15) is 16.8 Å². The Kier molecular flexibility index (Phi) is 16.5. The summed E-state index contributed by atoms with van der Waals surface area (Å²) in [4.78, 5) is 0. The molecule has 0 N–H and O–H groups in total. The number of hydrogen-bond donors (Lipinski definition) is 0. The van der Waals surface area contributed by atoms with Gasteiger partial charge in [0, 0.05) is 0 Å². The molecule has 0 aromatic heterocycles. The van der Waals surface area contributed by atoms with Crippen LogP contribution in [0.25, 0.3) is 0 Å². The van der Waals surface area contributed by atoms with Crippen molar-refractivity contribution in [1.29, 1.82) is 0 Å². The molecule has 0 fully saturated rings. The Labute approximate surface area is 246 Å². The summed E-state index contributed by atoms with van der Waals surface area (Å²) in [6.45, 7) is 30.3. The zero-order valence-electron chi connectivity index (χ0n) is 28.8. The Morgan fingerprint density at radius 3 is 1.51 bits per heavy atom. The lowest BCUT2D eigenvalue weighted by Gasteiger charge is -2.29. The van der Waals surface area contributed by atoms with Crippen molar-refractivity contribution in [3.63, 3.8) is 0 Å². The molecule has 0 aromatic carbocycles. The van der Waals surface area contributed by atoms with Crippen molar-refractivity contribution in [3.05, 3.63) is 12.2 Å². The van der Waals surface area contributed by atoms with Crippen LogP contribution in [0.15, 0.2) is 12.2 Å². The molecule has 0 aliphatic carbocycles. The number of allylic oxidation sites excluding steroid dienone is 2. The van der Waals surface area contributed by atoms with Crippen LogP contribution in [0.1, 0.15) is 155 Å². The molecule has 0 bridgehead atoms. The Hall–Kier alpha value is -0.360. The molecule has 236 valence electrons. The molecular formula is C33H68O4S2. The fraction of sp³-hybridized carbons (Fsp3) is 0.939. The van der Waals surface area contributed by atoms with Crippen LogP contribution in [-0.2, 0) is 19.7 Å². The number of unbranched alkanes of at least 4 members (excludes halogenated alkanes) is 3. The average molecular weight is 593 g/mol. The highest BCUT2D eigenvalue weighted by Crippen LogP contribution is 2.30. The summed E-state index contributed by atoms with van der Waals surface area (Å²) in [5, 5.41) is 0. The van der Waals surface area contributed by atoms with E-state index in [1.165, 1.54) is 19.3 Å². The van der Waals surface area contributed by atoms with Gasteiger partial charge in [0.2, 0.25) is 0 Å². The van der Waals surface area contributed by atoms with Crippen molar-refractivity contribution in [2.24, 2.45) is 22.2 Å². The zero-order valence-corrected chi connectivity index (χ0v) is 30.4. The maximum Gasteiger partial charge on any atom is 0.155 e. The molecule has 4 nitrogen and oxygen atoms in total. The van der Waals surface area contributed by atoms with E-state index in [1.807, 2.05) is 0 Å². The molecule has 6 heteroatoms. The number of rotatable bonds is 13. The second kappa shape index (κ2) is 15.8. The van der Waals surface area contributed by atoms with Gasteiger partial charge in [-0.25, -0.2) is 16.8 Å². The molecule has 0 spiro atoms. The zero-order chi connectivity index (χ0) is 31.6. The van der Waals surface area contributed by atoms with Gasteiger partial charge in [0.05, 0.1) is 21.0 Å². The highest BCUT2D eigenvalue weighted by atomic mass is 32.2. The SMILES string of the molecule is CC(C)(C)/C=C/CCCC(C)(C)CS(=O)(=O)C(C)(C)C.C[C@@H](CCCCCC(C)(C)C)CS(=O)(=O)C(C)(C)C. The van der Waals surface area contributed by atoms with Crippen LogP contribution in [0.3, 0.4) is 0 Å². The smallest absolute Gasteiger partial charge is 0.155 e. The first kappa shape index (κ1) is 40.8. The van der Waals surface area contributed by atoms with Crippen molar-refractivity contribution < 1.29 is 16.8 Å². The van der Waals surface area contributed by atoms with Gasteiger partial charge < -0.3 is 0 Å². The van der Waals surface area contributed by atoms with Gasteiger partial charge >= 0.3 is 0 Å². The lowest BCUT2D eigenvalue weighted by atomic mass is 9.89. The van der Waals surface area contributed by atoms with Gasteiger partial charge in [-0.15, -0.1) is 0 Å². The Morgan fingerprint density at radius 2 is 1.10 bits per heavy atom. The molecule has 0 heterocycles. The maximum absolute atomic E-state index is 12.3. The average Bonchev–Trinajstić information content (AvgIpc) is 2.63. The summed E-state index contributed by atoms with van der Waals surface area (Å²) in [6.07, 6.45) is 13.4. The van der Waals surface area contributed by atoms with Crippen molar-refractivity contribution >= 4 is 19.7 Å². The summed E-state index contributed by atoms with van der Waals surface area (Å²) in [5.41, 5.74) is 0.494. The second-order valence-corrected chi connectivity index (χ2v) is 22.4. The monoisotopic (exact) mass is 592 g/mol. The van der Waals surface area contributed by atoms with Gasteiger partial charge in [-0.05, 0) is 95.8 Å². The minimum Gasteiger partial charge on any atom is -0.228 e. The Balaban J connectivity index is 0. The van der Waals surface area contributed by atoms with Gasteiger partial charge in [0.25, 0.3) is 0 Å². The van der Waals surface area contributed by atoms with Crippen LogP contribution in [0.5, 0.6) is 0 Å². The molecule has 0 amide bonds. The third-order valence-corrected chi connectivity index (χ3v) is 12.8. The largest absolute Gasteiger partial charge is 0.228 e. The molecule has 0 aliphatic rings. The van der Waals surface area contributed by atoms with Crippen molar-refractivity contribution in [2.75, 3.05) is 11.5 Å². The fourth-order valence-corrected chi connectivity index (χ4v) is 6.99. The van der Waals surface area contributed by atoms with Gasteiger partial charge in [0.1, 0.15) is 0 Å².